The lowest BCUT2D eigenvalue weighted by Crippen LogP contribution is -2.21. The molecule has 0 aliphatic heterocycles. The fourth-order valence-corrected chi connectivity index (χ4v) is 1.67. The lowest BCUT2D eigenvalue weighted by Gasteiger charge is -2.09. The van der Waals surface area contributed by atoms with Crippen LogP contribution >= 0.6 is 0 Å². The quantitative estimate of drug-likeness (QED) is 0.807. The molecule has 0 bridgehead atoms. The van der Waals surface area contributed by atoms with E-state index in [1.54, 1.807) is 24.3 Å². The van der Waals surface area contributed by atoms with Crippen LogP contribution in [-0.4, -0.2) is 6.03 Å². The van der Waals surface area contributed by atoms with Gasteiger partial charge in [-0.2, -0.15) is 0 Å². The molecule has 0 saturated carbocycles. The van der Waals surface area contributed by atoms with Crippen LogP contribution in [0.4, 0.5) is 25.0 Å². The molecule has 0 radical (unpaired) electrons. The van der Waals surface area contributed by atoms with Crippen molar-refractivity contribution in [3.63, 3.8) is 0 Å². The van der Waals surface area contributed by atoms with E-state index >= 15 is 0 Å². The number of benzene rings is 2. The minimum Gasteiger partial charge on any atom is -0.326 e. The minimum atomic E-state index is -0.837. The van der Waals surface area contributed by atoms with Crippen LogP contribution in [0.15, 0.2) is 42.5 Å². The number of rotatable bonds is 3. The van der Waals surface area contributed by atoms with Gasteiger partial charge in [0.2, 0.25) is 0 Å². The van der Waals surface area contributed by atoms with Gasteiger partial charge >= 0.3 is 6.03 Å². The highest BCUT2D eigenvalue weighted by molar-refractivity contribution is 5.99. The summed E-state index contributed by atoms with van der Waals surface area (Å²) < 4.78 is 26.7. The van der Waals surface area contributed by atoms with E-state index in [1.165, 1.54) is 6.07 Å². The van der Waals surface area contributed by atoms with Gasteiger partial charge in [-0.3, -0.25) is 0 Å². The number of amides is 2. The summed E-state index contributed by atoms with van der Waals surface area (Å²) in [5.74, 6) is -1.67. The first-order chi connectivity index (χ1) is 9.60. The van der Waals surface area contributed by atoms with Crippen molar-refractivity contribution in [2.24, 2.45) is 5.73 Å². The predicted molar refractivity (Wildman–Crippen MR) is 73.3 cm³/mol. The van der Waals surface area contributed by atoms with Gasteiger partial charge < -0.3 is 16.4 Å². The van der Waals surface area contributed by atoms with E-state index in [1.807, 2.05) is 0 Å². The van der Waals surface area contributed by atoms with E-state index in [-0.39, 0.29) is 0 Å². The van der Waals surface area contributed by atoms with E-state index in [4.69, 9.17) is 5.73 Å². The number of anilines is 2. The first-order valence-corrected chi connectivity index (χ1v) is 5.91. The third kappa shape index (κ3) is 3.30. The second kappa shape index (κ2) is 6.12. The topological polar surface area (TPSA) is 67.1 Å². The van der Waals surface area contributed by atoms with Gasteiger partial charge in [0, 0.05) is 12.2 Å². The zero-order valence-corrected chi connectivity index (χ0v) is 10.5. The molecule has 4 N–H and O–H groups in total. The van der Waals surface area contributed by atoms with Crippen molar-refractivity contribution in [3.8, 4) is 0 Å². The molecule has 0 aliphatic carbocycles. The Balaban J connectivity index is 2.09. The predicted octanol–water partition coefficient (Wildman–Crippen LogP) is 3.07. The lowest BCUT2D eigenvalue weighted by atomic mass is 10.2. The van der Waals surface area contributed by atoms with Gasteiger partial charge in [0.25, 0.3) is 0 Å². The fourth-order valence-electron chi connectivity index (χ4n) is 1.67. The maximum Gasteiger partial charge on any atom is 0.323 e. The van der Waals surface area contributed by atoms with Crippen LogP contribution < -0.4 is 16.4 Å². The minimum absolute atomic E-state index is 0.332. The Hall–Kier alpha value is -2.47. The van der Waals surface area contributed by atoms with Crippen molar-refractivity contribution in [1.29, 1.82) is 0 Å². The Bertz CT molecular complexity index is 611. The smallest absolute Gasteiger partial charge is 0.323 e. The molecule has 0 unspecified atom stereocenters. The van der Waals surface area contributed by atoms with Gasteiger partial charge in [-0.05, 0) is 29.8 Å². The summed E-state index contributed by atoms with van der Waals surface area (Å²) in [4.78, 5) is 11.7. The summed E-state index contributed by atoms with van der Waals surface area (Å²) in [5, 5.41) is 4.61. The third-order valence-corrected chi connectivity index (χ3v) is 2.62. The van der Waals surface area contributed by atoms with Crippen LogP contribution in [0.25, 0.3) is 0 Å². The van der Waals surface area contributed by atoms with Gasteiger partial charge in [-0.1, -0.05) is 18.2 Å². The Morgan fingerprint density at radius 1 is 1.05 bits per heavy atom. The number of nitrogens with one attached hydrogen (secondary N) is 2. The number of hydrogen-bond acceptors (Lipinski definition) is 2. The molecule has 0 saturated heterocycles. The molecule has 104 valence electrons. The van der Waals surface area contributed by atoms with Crippen LogP contribution in [-0.2, 0) is 6.54 Å². The van der Waals surface area contributed by atoms with Crippen LogP contribution in [0.5, 0.6) is 0 Å². The first kappa shape index (κ1) is 14.0. The average Bonchev–Trinajstić information content (AvgIpc) is 2.43. The molecule has 0 spiro atoms. The number of carbonyl (C=O) groups is 1. The second-order valence-electron chi connectivity index (χ2n) is 4.08. The number of urea groups is 1. The molecular formula is C14H13F2N3O. The molecule has 0 aliphatic rings. The van der Waals surface area contributed by atoms with Crippen molar-refractivity contribution in [2.75, 3.05) is 10.6 Å². The highest BCUT2D eigenvalue weighted by atomic mass is 19.1. The molecule has 2 aromatic rings. The average molecular weight is 277 g/mol. The molecular weight excluding hydrogens is 264 g/mol. The molecule has 2 amide bonds. The van der Waals surface area contributed by atoms with Crippen LogP contribution in [0.3, 0.4) is 0 Å². The highest BCUT2D eigenvalue weighted by Crippen LogP contribution is 2.18. The van der Waals surface area contributed by atoms with E-state index in [9.17, 15) is 13.6 Å². The Labute approximate surface area is 114 Å². The maximum absolute atomic E-state index is 13.4. The van der Waals surface area contributed by atoms with Gasteiger partial charge in [0.15, 0.2) is 0 Å². The highest BCUT2D eigenvalue weighted by Gasteiger charge is 2.11. The number of para-hydroxylation sites is 1. The van der Waals surface area contributed by atoms with Crippen molar-refractivity contribution in [3.05, 3.63) is 59.7 Å². The van der Waals surface area contributed by atoms with Crippen LogP contribution in [0.2, 0.25) is 0 Å². The zero-order chi connectivity index (χ0) is 14.5. The van der Waals surface area contributed by atoms with Crippen molar-refractivity contribution in [2.45, 2.75) is 6.54 Å². The summed E-state index contributed by atoms with van der Waals surface area (Å²) in [6, 6.07) is 9.47. The molecule has 0 fully saturated rings. The summed E-state index contributed by atoms with van der Waals surface area (Å²) in [6.45, 7) is 0.332. The normalized spacial score (nSPS) is 10.2. The second-order valence-corrected chi connectivity index (χ2v) is 4.08. The zero-order valence-electron chi connectivity index (χ0n) is 10.5. The molecule has 0 heterocycles. The molecule has 20 heavy (non-hydrogen) atoms. The maximum atomic E-state index is 13.4. The monoisotopic (exact) mass is 277 g/mol. The van der Waals surface area contributed by atoms with Gasteiger partial charge in [0.1, 0.15) is 17.3 Å². The van der Waals surface area contributed by atoms with E-state index in [0.717, 1.165) is 17.7 Å². The largest absolute Gasteiger partial charge is 0.326 e. The molecule has 6 heteroatoms. The van der Waals surface area contributed by atoms with Crippen molar-refractivity contribution in [1.82, 2.24) is 0 Å². The fraction of sp³-hybridized carbons (Fsp3) is 0.0714. The number of nitrogens with two attached hydrogens (primary N) is 1. The molecule has 4 nitrogen and oxygen atoms in total. The van der Waals surface area contributed by atoms with Crippen LogP contribution in [0.1, 0.15) is 5.56 Å². The Morgan fingerprint density at radius 3 is 2.35 bits per heavy atom. The van der Waals surface area contributed by atoms with E-state index in [2.05, 4.69) is 10.6 Å². The van der Waals surface area contributed by atoms with Crippen molar-refractivity contribution < 1.29 is 13.6 Å². The lowest BCUT2D eigenvalue weighted by molar-refractivity contribution is 0.262. The molecule has 0 aromatic heterocycles. The number of carbonyl (C=O) groups excluding carboxylic acids is 1. The standard InChI is InChI=1S/C14H13F2N3O/c15-11-5-2-6-12(16)13(11)19-14(20)18-10-4-1-3-9(7-10)8-17/h1-7H,8,17H2,(H2,18,19,20). The van der Waals surface area contributed by atoms with Crippen molar-refractivity contribution >= 4 is 17.4 Å². The van der Waals surface area contributed by atoms with E-state index in [0.29, 0.717) is 12.2 Å². The van der Waals surface area contributed by atoms with Crippen LogP contribution in [0, 0.1) is 11.6 Å². The number of halogens is 2. The summed E-state index contributed by atoms with van der Waals surface area (Å²) in [7, 11) is 0. The third-order valence-electron chi connectivity index (χ3n) is 2.62. The van der Waals surface area contributed by atoms with Gasteiger partial charge in [-0.15, -0.1) is 0 Å². The number of hydrogen-bond donors (Lipinski definition) is 3. The summed E-state index contributed by atoms with van der Waals surface area (Å²) in [5.41, 5.74) is 6.32. The summed E-state index contributed by atoms with van der Waals surface area (Å²) >= 11 is 0. The molecule has 2 rings (SSSR count). The summed E-state index contributed by atoms with van der Waals surface area (Å²) in [6.07, 6.45) is 0. The van der Waals surface area contributed by atoms with Gasteiger partial charge in [-0.25, -0.2) is 13.6 Å². The SMILES string of the molecule is NCc1cccc(NC(=O)Nc2c(F)cccc2F)c1. The van der Waals surface area contributed by atoms with Gasteiger partial charge in [0.05, 0.1) is 0 Å². The Kier molecular flexibility index (Phi) is 4.27. The van der Waals surface area contributed by atoms with E-state index < -0.39 is 23.4 Å². The Morgan fingerprint density at radius 2 is 1.70 bits per heavy atom. The molecule has 2 aromatic carbocycles. The first-order valence-electron chi connectivity index (χ1n) is 5.91. The molecule has 0 atom stereocenters.